The average Bonchev–Trinajstić information content (AvgIpc) is 2.55. The van der Waals surface area contributed by atoms with E-state index in [1.165, 1.54) is 11.1 Å². The molecular formula is C16H24N2O. The summed E-state index contributed by atoms with van der Waals surface area (Å²) in [6.45, 7) is 9.40. The van der Waals surface area contributed by atoms with Crippen LogP contribution in [-0.2, 0) is 4.79 Å². The van der Waals surface area contributed by atoms with Crippen LogP contribution in [-0.4, -0.2) is 25.0 Å². The van der Waals surface area contributed by atoms with Crippen LogP contribution in [0.15, 0.2) is 18.2 Å². The van der Waals surface area contributed by atoms with E-state index in [0.29, 0.717) is 12.3 Å². The molecule has 1 aromatic carbocycles. The number of amides is 1. The topological polar surface area (TPSA) is 32.3 Å². The first-order chi connectivity index (χ1) is 8.89. The third-order valence-electron chi connectivity index (χ3n) is 4.51. The van der Waals surface area contributed by atoms with Crippen LogP contribution in [0.3, 0.4) is 0 Å². The number of aryl methyl sites for hydroxylation is 1. The van der Waals surface area contributed by atoms with Gasteiger partial charge in [0.25, 0.3) is 0 Å². The number of carbonyl (C=O) groups excluding carboxylic acids is 1. The monoisotopic (exact) mass is 260 g/mol. The van der Waals surface area contributed by atoms with Gasteiger partial charge in [-0.1, -0.05) is 12.1 Å². The molecule has 1 saturated heterocycles. The molecule has 1 amide bonds. The van der Waals surface area contributed by atoms with Crippen LogP contribution in [0.25, 0.3) is 0 Å². The predicted octanol–water partition coefficient (Wildman–Crippen LogP) is 2.65. The number of carbonyl (C=O) groups is 1. The Bertz CT molecular complexity index is 494. The summed E-state index contributed by atoms with van der Waals surface area (Å²) in [5.41, 5.74) is 3.36. The first-order valence-corrected chi connectivity index (χ1v) is 6.93. The van der Waals surface area contributed by atoms with Crippen molar-refractivity contribution in [2.75, 3.05) is 18.5 Å². The normalized spacial score (nSPS) is 22.1. The number of rotatable bonds is 3. The second-order valence-corrected chi connectivity index (χ2v) is 6.06. The molecule has 1 unspecified atom stereocenters. The molecule has 0 bridgehead atoms. The maximum Gasteiger partial charge on any atom is 0.227 e. The van der Waals surface area contributed by atoms with E-state index in [2.05, 4.69) is 45.1 Å². The minimum atomic E-state index is -0.140. The lowest BCUT2D eigenvalue weighted by Crippen LogP contribution is -2.46. The maximum absolute atomic E-state index is 12.4. The average molecular weight is 260 g/mol. The minimum Gasteiger partial charge on any atom is -0.319 e. The third-order valence-corrected chi connectivity index (χ3v) is 4.51. The van der Waals surface area contributed by atoms with Gasteiger partial charge in [-0.15, -0.1) is 0 Å². The summed E-state index contributed by atoms with van der Waals surface area (Å²) in [4.78, 5) is 14.4. The number of nitrogens with one attached hydrogen (secondary N) is 1. The second-order valence-electron chi connectivity index (χ2n) is 6.06. The molecule has 0 aromatic heterocycles. The fourth-order valence-corrected chi connectivity index (χ4v) is 3.05. The van der Waals surface area contributed by atoms with E-state index < -0.39 is 0 Å². The van der Waals surface area contributed by atoms with Gasteiger partial charge in [0.1, 0.15) is 0 Å². The number of hydrogen-bond donors (Lipinski definition) is 1. The Hall–Kier alpha value is -1.35. The Morgan fingerprint density at radius 3 is 2.68 bits per heavy atom. The van der Waals surface area contributed by atoms with E-state index in [4.69, 9.17) is 0 Å². The van der Waals surface area contributed by atoms with Gasteiger partial charge in [0, 0.05) is 30.1 Å². The second kappa shape index (κ2) is 4.97. The molecule has 2 rings (SSSR count). The lowest BCUT2D eigenvalue weighted by molar-refractivity contribution is -0.117. The standard InChI is InChI=1S/C16H24N2O/c1-11-7-6-8-14(12(11)2)18-15(19)9-13(10-17-5)16(18,3)4/h6-8,13,17H,9-10H2,1-5H3. The highest BCUT2D eigenvalue weighted by molar-refractivity contribution is 5.98. The first-order valence-electron chi connectivity index (χ1n) is 6.93. The van der Waals surface area contributed by atoms with Crippen LogP contribution in [0.1, 0.15) is 31.4 Å². The maximum atomic E-state index is 12.4. The predicted molar refractivity (Wildman–Crippen MR) is 79.5 cm³/mol. The summed E-state index contributed by atoms with van der Waals surface area (Å²) >= 11 is 0. The van der Waals surface area contributed by atoms with E-state index in [1.54, 1.807) is 0 Å². The molecule has 19 heavy (non-hydrogen) atoms. The Labute approximate surface area is 116 Å². The van der Waals surface area contributed by atoms with Crippen molar-refractivity contribution < 1.29 is 4.79 Å². The van der Waals surface area contributed by atoms with Crippen molar-refractivity contribution in [1.82, 2.24) is 5.32 Å². The Kier molecular flexibility index (Phi) is 3.68. The minimum absolute atomic E-state index is 0.140. The van der Waals surface area contributed by atoms with Crippen LogP contribution in [0.4, 0.5) is 5.69 Å². The van der Waals surface area contributed by atoms with Crippen LogP contribution in [0.2, 0.25) is 0 Å². The molecule has 104 valence electrons. The lowest BCUT2D eigenvalue weighted by atomic mass is 9.88. The summed E-state index contributed by atoms with van der Waals surface area (Å²) in [5, 5.41) is 3.20. The van der Waals surface area contributed by atoms with E-state index in [1.807, 2.05) is 18.0 Å². The van der Waals surface area contributed by atoms with Crippen molar-refractivity contribution in [3.63, 3.8) is 0 Å². The van der Waals surface area contributed by atoms with E-state index >= 15 is 0 Å². The summed E-state index contributed by atoms with van der Waals surface area (Å²) in [6.07, 6.45) is 0.626. The van der Waals surface area contributed by atoms with Gasteiger partial charge in [0.15, 0.2) is 0 Å². The zero-order chi connectivity index (χ0) is 14.2. The molecule has 1 heterocycles. The van der Waals surface area contributed by atoms with Crippen LogP contribution < -0.4 is 10.2 Å². The van der Waals surface area contributed by atoms with Crippen molar-refractivity contribution in [3.05, 3.63) is 29.3 Å². The third kappa shape index (κ3) is 2.27. The first kappa shape index (κ1) is 14.1. The molecule has 1 aliphatic rings. The van der Waals surface area contributed by atoms with E-state index in [0.717, 1.165) is 12.2 Å². The Morgan fingerprint density at radius 2 is 2.05 bits per heavy atom. The van der Waals surface area contributed by atoms with Crippen LogP contribution >= 0.6 is 0 Å². The summed E-state index contributed by atoms with van der Waals surface area (Å²) in [5.74, 6) is 0.587. The smallest absolute Gasteiger partial charge is 0.227 e. The van der Waals surface area contributed by atoms with Gasteiger partial charge in [-0.3, -0.25) is 4.79 Å². The fourth-order valence-electron chi connectivity index (χ4n) is 3.05. The van der Waals surface area contributed by atoms with Gasteiger partial charge in [-0.25, -0.2) is 0 Å². The highest BCUT2D eigenvalue weighted by atomic mass is 16.2. The van der Waals surface area contributed by atoms with Gasteiger partial charge in [-0.2, -0.15) is 0 Å². The molecule has 1 aliphatic heterocycles. The zero-order valence-electron chi connectivity index (χ0n) is 12.6. The molecule has 1 aromatic rings. The highest BCUT2D eigenvalue weighted by Gasteiger charge is 2.46. The molecular weight excluding hydrogens is 236 g/mol. The van der Waals surface area contributed by atoms with Gasteiger partial charge >= 0.3 is 0 Å². The lowest BCUT2D eigenvalue weighted by Gasteiger charge is -2.37. The molecule has 1 atom stereocenters. The summed E-state index contributed by atoms with van der Waals surface area (Å²) in [6, 6.07) is 6.19. The zero-order valence-corrected chi connectivity index (χ0v) is 12.6. The Balaban J connectivity index is 2.44. The molecule has 3 heteroatoms. The summed E-state index contributed by atoms with van der Waals surface area (Å²) < 4.78 is 0. The number of nitrogens with zero attached hydrogens (tertiary/aromatic N) is 1. The van der Waals surface area contributed by atoms with Crippen molar-refractivity contribution >= 4 is 11.6 Å². The van der Waals surface area contributed by atoms with Gasteiger partial charge in [0.05, 0.1) is 0 Å². The summed E-state index contributed by atoms with van der Waals surface area (Å²) in [7, 11) is 1.95. The van der Waals surface area contributed by atoms with E-state index in [9.17, 15) is 4.79 Å². The van der Waals surface area contributed by atoms with Gasteiger partial charge in [-0.05, 0) is 51.9 Å². The molecule has 1 N–H and O–H groups in total. The number of hydrogen-bond acceptors (Lipinski definition) is 2. The highest BCUT2D eigenvalue weighted by Crippen LogP contribution is 2.40. The molecule has 0 spiro atoms. The Morgan fingerprint density at radius 1 is 1.37 bits per heavy atom. The van der Waals surface area contributed by atoms with Gasteiger partial charge in [0.2, 0.25) is 5.91 Å². The van der Waals surface area contributed by atoms with Crippen LogP contribution in [0, 0.1) is 19.8 Å². The number of benzene rings is 1. The van der Waals surface area contributed by atoms with Crippen molar-refractivity contribution in [1.29, 1.82) is 0 Å². The van der Waals surface area contributed by atoms with Crippen molar-refractivity contribution in [2.45, 2.75) is 39.7 Å². The quantitative estimate of drug-likeness (QED) is 0.906. The largest absolute Gasteiger partial charge is 0.319 e. The molecule has 3 nitrogen and oxygen atoms in total. The molecule has 1 fully saturated rings. The van der Waals surface area contributed by atoms with Crippen LogP contribution in [0.5, 0.6) is 0 Å². The van der Waals surface area contributed by atoms with Crippen molar-refractivity contribution in [2.24, 2.45) is 5.92 Å². The molecule has 0 saturated carbocycles. The SMILES string of the molecule is CNCC1CC(=O)N(c2cccc(C)c2C)C1(C)C. The molecule has 0 aliphatic carbocycles. The van der Waals surface area contributed by atoms with Crippen molar-refractivity contribution in [3.8, 4) is 0 Å². The number of anilines is 1. The molecule has 0 radical (unpaired) electrons. The van der Waals surface area contributed by atoms with E-state index in [-0.39, 0.29) is 11.4 Å². The van der Waals surface area contributed by atoms with Gasteiger partial charge < -0.3 is 10.2 Å². The fraction of sp³-hybridized carbons (Fsp3) is 0.562.